The van der Waals surface area contributed by atoms with E-state index in [-0.39, 0.29) is 0 Å². The van der Waals surface area contributed by atoms with Gasteiger partial charge in [-0.1, -0.05) is 37.1 Å². The van der Waals surface area contributed by atoms with Gasteiger partial charge in [0, 0.05) is 6.04 Å². The van der Waals surface area contributed by atoms with Crippen LogP contribution in [-0.4, -0.2) is 18.0 Å². The fourth-order valence-corrected chi connectivity index (χ4v) is 2.47. The maximum Gasteiger partial charge on any atom is 0.0604 e. The van der Waals surface area contributed by atoms with Crippen molar-refractivity contribution in [1.29, 1.82) is 0 Å². The van der Waals surface area contributed by atoms with E-state index in [1.807, 2.05) is 0 Å². The van der Waals surface area contributed by atoms with Crippen molar-refractivity contribution in [2.45, 2.75) is 25.8 Å². The lowest BCUT2D eigenvalue weighted by Crippen LogP contribution is -2.27. The lowest BCUT2D eigenvalue weighted by Gasteiger charge is -2.26. The molecule has 1 nitrogen and oxygen atoms in total. The van der Waals surface area contributed by atoms with Crippen molar-refractivity contribution in [3.05, 3.63) is 35.4 Å². The Morgan fingerprint density at radius 3 is 3.00 bits per heavy atom. The van der Waals surface area contributed by atoms with E-state index in [4.69, 9.17) is 6.42 Å². The van der Waals surface area contributed by atoms with E-state index in [2.05, 4.69) is 42.0 Å². The second kappa shape index (κ2) is 4.51. The van der Waals surface area contributed by atoms with Crippen LogP contribution >= 0.6 is 0 Å². The van der Waals surface area contributed by atoms with E-state index in [0.29, 0.717) is 6.04 Å². The van der Waals surface area contributed by atoms with Gasteiger partial charge in [-0.3, -0.25) is 4.90 Å². The first-order valence-electron chi connectivity index (χ1n) is 5.62. The van der Waals surface area contributed by atoms with Crippen LogP contribution in [0.2, 0.25) is 0 Å². The molecular formula is C14H17N. The highest BCUT2D eigenvalue weighted by atomic mass is 15.1. The second-order valence-corrected chi connectivity index (χ2v) is 4.02. The van der Waals surface area contributed by atoms with Crippen molar-refractivity contribution in [2.75, 3.05) is 13.1 Å². The minimum Gasteiger partial charge on any atom is -0.286 e. The van der Waals surface area contributed by atoms with E-state index in [9.17, 15) is 0 Å². The van der Waals surface area contributed by atoms with Crippen molar-refractivity contribution in [3.8, 4) is 12.3 Å². The van der Waals surface area contributed by atoms with Crippen LogP contribution in [0.25, 0.3) is 0 Å². The SMILES string of the molecule is C#CCN(CC)C1CCc2ccccc21. The average molecular weight is 199 g/mol. The fraction of sp³-hybridized carbons (Fsp3) is 0.429. The van der Waals surface area contributed by atoms with E-state index in [1.54, 1.807) is 0 Å². The van der Waals surface area contributed by atoms with Gasteiger partial charge in [0.25, 0.3) is 0 Å². The molecule has 2 rings (SSSR count). The number of rotatable bonds is 3. The van der Waals surface area contributed by atoms with Crippen molar-refractivity contribution in [3.63, 3.8) is 0 Å². The molecule has 1 atom stereocenters. The van der Waals surface area contributed by atoms with Crippen molar-refractivity contribution >= 4 is 0 Å². The van der Waals surface area contributed by atoms with Gasteiger partial charge in [0.2, 0.25) is 0 Å². The summed E-state index contributed by atoms with van der Waals surface area (Å²) in [5.41, 5.74) is 2.98. The van der Waals surface area contributed by atoms with Gasteiger partial charge in [-0.2, -0.15) is 0 Å². The highest BCUT2D eigenvalue weighted by Crippen LogP contribution is 2.34. The molecule has 0 radical (unpaired) electrons. The summed E-state index contributed by atoms with van der Waals surface area (Å²) >= 11 is 0. The third kappa shape index (κ3) is 1.91. The Labute approximate surface area is 92.1 Å². The molecule has 1 aromatic rings. The van der Waals surface area contributed by atoms with Crippen LogP contribution in [0.4, 0.5) is 0 Å². The first kappa shape index (κ1) is 10.3. The van der Waals surface area contributed by atoms with Crippen molar-refractivity contribution < 1.29 is 0 Å². The summed E-state index contributed by atoms with van der Waals surface area (Å²) in [7, 11) is 0. The molecule has 0 saturated carbocycles. The molecule has 0 aromatic heterocycles. The van der Waals surface area contributed by atoms with Gasteiger partial charge in [0.05, 0.1) is 6.54 Å². The van der Waals surface area contributed by atoms with Crippen molar-refractivity contribution in [2.24, 2.45) is 0 Å². The largest absolute Gasteiger partial charge is 0.286 e. The Morgan fingerprint density at radius 1 is 1.47 bits per heavy atom. The van der Waals surface area contributed by atoms with E-state index in [1.165, 1.54) is 24.0 Å². The average Bonchev–Trinajstić information content (AvgIpc) is 2.70. The van der Waals surface area contributed by atoms with Crippen LogP contribution in [0.15, 0.2) is 24.3 Å². The van der Waals surface area contributed by atoms with Crippen LogP contribution in [0.5, 0.6) is 0 Å². The minimum atomic E-state index is 0.544. The first-order valence-corrected chi connectivity index (χ1v) is 5.62. The number of nitrogens with zero attached hydrogens (tertiary/aromatic N) is 1. The van der Waals surface area contributed by atoms with Gasteiger partial charge in [0.15, 0.2) is 0 Å². The fourth-order valence-electron chi connectivity index (χ4n) is 2.47. The molecule has 1 unspecified atom stereocenters. The molecule has 0 amide bonds. The van der Waals surface area contributed by atoms with Gasteiger partial charge in [-0.05, 0) is 30.5 Å². The predicted molar refractivity (Wildman–Crippen MR) is 63.6 cm³/mol. The Bertz CT molecular complexity index is 375. The molecule has 0 aliphatic heterocycles. The minimum absolute atomic E-state index is 0.544. The normalized spacial score (nSPS) is 18.9. The number of benzene rings is 1. The molecule has 0 heterocycles. The van der Waals surface area contributed by atoms with E-state index in [0.717, 1.165) is 13.1 Å². The molecule has 1 aliphatic rings. The molecule has 0 spiro atoms. The summed E-state index contributed by atoms with van der Waals surface area (Å²) in [6.45, 7) is 3.97. The number of terminal acetylenes is 1. The monoisotopic (exact) mass is 199 g/mol. The zero-order valence-corrected chi connectivity index (χ0v) is 9.24. The van der Waals surface area contributed by atoms with Crippen LogP contribution < -0.4 is 0 Å². The zero-order valence-electron chi connectivity index (χ0n) is 9.24. The second-order valence-electron chi connectivity index (χ2n) is 4.02. The summed E-state index contributed by atoms with van der Waals surface area (Å²) in [6, 6.07) is 9.27. The van der Waals surface area contributed by atoms with Crippen LogP contribution in [0.1, 0.15) is 30.5 Å². The van der Waals surface area contributed by atoms with Crippen LogP contribution in [-0.2, 0) is 6.42 Å². The quantitative estimate of drug-likeness (QED) is 0.676. The van der Waals surface area contributed by atoms with E-state index >= 15 is 0 Å². The number of hydrogen-bond donors (Lipinski definition) is 0. The van der Waals surface area contributed by atoms with Gasteiger partial charge in [-0.25, -0.2) is 0 Å². The predicted octanol–water partition coefficient (Wildman–Crippen LogP) is 2.63. The topological polar surface area (TPSA) is 3.24 Å². The maximum absolute atomic E-state index is 5.40. The summed E-state index contributed by atoms with van der Waals surface area (Å²) in [6.07, 6.45) is 7.81. The van der Waals surface area contributed by atoms with Crippen molar-refractivity contribution in [1.82, 2.24) is 4.90 Å². The summed E-state index contributed by atoms with van der Waals surface area (Å²) in [4.78, 5) is 2.38. The molecule has 0 saturated heterocycles. The molecular weight excluding hydrogens is 182 g/mol. The lowest BCUT2D eigenvalue weighted by atomic mass is 10.1. The zero-order chi connectivity index (χ0) is 10.7. The summed E-state index contributed by atoms with van der Waals surface area (Å²) < 4.78 is 0. The molecule has 0 fully saturated rings. The molecule has 15 heavy (non-hydrogen) atoms. The molecule has 0 bridgehead atoms. The van der Waals surface area contributed by atoms with Gasteiger partial charge >= 0.3 is 0 Å². The Morgan fingerprint density at radius 2 is 2.27 bits per heavy atom. The third-order valence-corrected chi connectivity index (χ3v) is 3.24. The number of hydrogen-bond acceptors (Lipinski definition) is 1. The molecule has 1 aliphatic carbocycles. The maximum atomic E-state index is 5.40. The lowest BCUT2D eigenvalue weighted by molar-refractivity contribution is 0.234. The van der Waals surface area contributed by atoms with Gasteiger partial charge < -0.3 is 0 Å². The first-order chi connectivity index (χ1) is 7.36. The van der Waals surface area contributed by atoms with Gasteiger partial charge in [-0.15, -0.1) is 6.42 Å². The highest BCUT2D eigenvalue weighted by Gasteiger charge is 2.25. The Balaban J connectivity index is 2.23. The number of fused-ring (bicyclic) bond motifs is 1. The standard InChI is InChI=1S/C14H17N/c1-3-11-15(4-2)14-10-9-12-7-5-6-8-13(12)14/h1,5-8,14H,4,9-11H2,2H3. The smallest absolute Gasteiger partial charge is 0.0604 e. The molecule has 0 N–H and O–H groups in total. The van der Waals surface area contributed by atoms with E-state index < -0.39 is 0 Å². The van der Waals surface area contributed by atoms with Crippen LogP contribution in [0.3, 0.4) is 0 Å². The third-order valence-electron chi connectivity index (χ3n) is 3.24. The molecule has 1 heteroatoms. The number of aryl methyl sites for hydroxylation is 1. The van der Waals surface area contributed by atoms with Crippen LogP contribution in [0, 0.1) is 12.3 Å². The summed E-state index contributed by atoms with van der Waals surface area (Å²) in [5.74, 6) is 2.75. The Hall–Kier alpha value is -1.26. The van der Waals surface area contributed by atoms with Gasteiger partial charge in [0.1, 0.15) is 0 Å². The highest BCUT2D eigenvalue weighted by molar-refractivity contribution is 5.34. The Kier molecular flexibility index (Phi) is 3.08. The molecule has 1 aromatic carbocycles. The molecule has 78 valence electrons. The summed E-state index contributed by atoms with van der Waals surface area (Å²) in [5, 5.41) is 0.